The second-order valence-corrected chi connectivity index (χ2v) is 12.2. The maximum atomic E-state index is 12.6. The average molecular weight is 666 g/mol. The number of nitrogens with two attached hydrogens (primary N) is 1. The molecule has 2 aromatic carbocycles. The van der Waals surface area contributed by atoms with Gasteiger partial charge in [0.15, 0.2) is 0 Å². The topological polar surface area (TPSA) is 144 Å². The van der Waals surface area contributed by atoms with Crippen molar-refractivity contribution in [2.75, 3.05) is 19.7 Å². The number of aliphatic imine (C=N–C) groups is 1. The normalized spacial score (nSPS) is 12.5. The van der Waals surface area contributed by atoms with Crippen molar-refractivity contribution in [3.8, 4) is 0 Å². The molecule has 0 spiro atoms. The molecule has 0 fully saturated rings. The van der Waals surface area contributed by atoms with Crippen LogP contribution in [0.4, 0.5) is 4.79 Å². The van der Waals surface area contributed by atoms with Crippen molar-refractivity contribution in [3.05, 3.63) is 71.8 Å². The molecule has 266 valence electrons. The summed E-state index contributed by atoms with van der Waals surface area (Å²) in [5.41, 5.74) is 8.00. The monoisotopic (exact) mass is 665 g/mol. The van der Waals surface area contributed by atoms with E-state index < -0.39 is 12.1 Å². The van der Waals surface area contributed by atoms with Gasteiger partial charge in [-0.25, -0.2) is 9.79 Å². The predicted molar refractivity (Wildman–Crippen MR) is 192 cm³/mol. The van der Waals surface area contributed by atoms with Crippen LogP contribution in [-0.2, 0) is 32.2 Å². The summed E-state index contributed by atoms with van der Waals surface area (Å²) in [5, 5.41) is 8.65. The number of unbranched alkanes of at least 4 members (excludes halogenated alkanes) is 7. The van der Waals surface area contributed by atoms with Crippen molar-refractivity contribution in [1.82, 2.24) is 16.0 Å². The first-order valence-corrected chi connectivity index (χ1v) is 17.9. The Bertz CT molecular complexity index is 1180. The van der Waals surface area contributed by atoms with E-state index in [2.05, 4.69) is 34.8 Å². The molecular formula is C38H59N5O5. The number of guanidine groups is 1. The third-order valence-corrected chi connectivity index (χ3v) is 8.04. The van der Waals surface area contributed by atoms with Gasteiger partial charge in [-0.2, -0.15) is 0 Å². The van der Waals surface area contributed by atoms with Gasteiger partial charge in [0.1, 0.15) is 6.61 Å². The molecule has 0 saturated heterocycles. The van der Waals surface area contributed by atoms with E-state index in [1.54, 1.807) is 0 Å². The number of benzene rings is 2. The molecule has 2 rings (SSSR count). The standard InChI is InChI=1S/C38H59N5O5/c1-3-5-7-16-24-33(23-6-4-2)36(45)47-28-18-9-8-17-26-40-35(44)34(39)25-27-41-37(42-29-31-19-12-10-13-20-31)43-38(46)48-30-32-21-14-11-15-22-32/h10-15,19-22,33-34H,3-9,16-18,23-30,39H2,1-2H3,(H,40,44)(H2,41,42,43,46). The maximum absolute atomic E-state index is 12.6. The fourth-order valence-electron chi connectivity index (χ4n) is 5.09. The van der Waals surface area contributed by atoms with Crippen molar-refractivity contribution >= 4 is 23.9 Å². The van der Waals surface area contributed by atoms with Gasteiger partial charge in [0.2, 0.25) is 11.9 Å². The number of hydrogen-bond acceptors (Lipinski definition) is 7. The number of hydrogen-bond donors (Lipinski definition) is 4. The third-order valence-electron chi connectivity index (χ3n) is 8.04. The first kappa shape index (κ1) is 40.3. The molecule has 2 aromatic rings. The molecule has 0 radical (unpaired) electrons. The summed E-state index contributed by atoms with van der Waals surface area (Å²) in [7, 11) is 0. The van der Waals surface area contributed by atoms with Gasteiger partial charge in [0.05, 0.1) is 25.1 Å². The summed E-state index contributed by atoms with van der Waals surface area (Å²) in [5.74, 6) is 0.0192. The van der Waals surface area contributed by atoms with E-state index >= 15 is 0 Å². The molecule has 0 aromatic heterocycles. The highest BCUT2D eigenvalue weighted by Crippen LogP contribution is 2.19. The quantitative estimate of drug-likeness (QED) is 0.0419. The van der Waals surface area contributed by atoms with Crippen molar-refractivity contribution in [2.24, 2.45) is 16.6 Å². The highest BCUT2D eigenvalue weighted by atomic mass is 16.5. The molecule has 10 nitrogen and oxygen atoms in total. The molecule has 0 heterocycles. The fraction of sp³-hybridized carbons (Fsp3) is 0.579. The van der Waals surface area contributed by atoms with Crippen LogP contribution in [0.3, 0.4) is 0 Å². The summed E-state index contributed by atoms with van der Waals surface area (Å²) in [6.45, 7) is 6.16. The molecule has 0 aliphatic rings. The van der Waals surface area contributed by atoms with Crippen LogP contribution in [0.5, 0.6) is 0 Å². The van der Waals surface area contributed by atoms with Crippen molar-refractivity contribution in [2.45, 2.75) is 117 Å². The Balaban J connectivity index is 1.64. The molecule has 2 atom stereocenters. The number of alkyl carbamates (subject to hydrolysis) is 1. The fourth-order valence-corrected chi connectivity index (χ4v) is 5.09. The van der Waals surface area contributed by atoms with E-state index in [1.165, 1.54) is 19.3 Å². The molecule has 0 saturated carbocycles. The zero-order valence-electron chi connectivity index (χ0n) is 29.2. The van der Waals surface area contributed by atoms with Gasteiger partial charge < -0.3 is 25.8 Å². The second kappa shape index (κ2) is 26.1. The van der Waals surface area contributed by atoms with Gasteiger partial charge in [-0.3, -0.25) is 14.9 Å². The van der Waals surface area contributed by atoms with Crippen LogP contribution >= 0.6 is 0 Å². The Morgan fingerprint density at radius 2 is 1.35 bits per heavy atom. The number of amides is 2. The molecule has 2 amide bonds. The molecule has 0 aliphatic carbocycles. The molecular weight excluding hydrogens is 606 g/mol. The molecule has 48 heavy (non-hydrogen) atoms. The first-order chi connectivity index (χ1) is 23.4. The minimum Gasteiger partial charge on any atom is -0.465 e. The number of ether oxygens (including phenoxy) is 2. The van der Waals surface area contributed by atoms with Crippen LogP contribution in [-0.4, -0.2) is 49.7 Å². The van der Waals surface area contributed by atoms with E-state index in [1.807, 2.05) is 60.7 Å². The lowest BCUT2D eigenvalue weighted by Gasteiger charge is -2.16. The lowest BCUT2D eigenvalue weighted by Crippen LogP contribution is -2.46. The number of esters is 1. The number of nitrogens with one attached hydrogen (secondary N) is 3. The summed E-state index contributed by atoms with van der Waals surface area (Å²) in [6.07, 6.45) is 11.9. The van der Waals surface area contributed by atoms with Gasteiger partial charge in [0, 0.05) is 13.1 Å². The summed E-state index contributed by atoms with van der Waals surface area (Å²) >= 11 is 0. The van der Waals surface area contributed by atoms with Gasteiger partial charge in [-0.05, 0) is 49.7 Å². The summed E-state index contributed by atoms with van der Waals surface area (Å²) in [6, 6.07) is 18.4. The third kappa shape index (κ3) is 19.0. The van der Waals surface area contributed by atoms with Crippen LogP contribution in [0.1, 0.15) is 108 Å². The predicted octanol–water partition coefficient (Wildman–Crippen LogP) is 6.77. The van der Waals surface area contributed by atoms with E-state index in [0.29, 0.717) is 32.7 Å². The highest BCUT2D eigenvalue weighted by Gasteiger charge is 2.19. The van der Waals surface area contributed by atoms with Crippen LogP contribution in [0, 0.1) is 5.92 Å². The van der Waals surface area contributed by atoms with Gasteiger partial charge in [0.25, 0.3) is 0 Å². The second-order valence-electron chi connectivity index (χ2n) is 12.2. The highest BCUT2D eigenvalue weighted by molar-refractivity contribution is 5.94. The number of rotatable bonds is 24. The van der Waals surface area contributed by atoms with Crippen molar-refractivity contribution < 1.29 is 23.9 Å². The Hall–Kier alpha value is -3.92. The smallest absolute Gasteiger partial charge is 0.414 e. The van der Waals surface area contributed by atoms with Crippen LogP contribution < -0.4 is 21.7 Å². The van der Waals surface area contributed by atoms with Gasteiger partial charge in [-0.1, -0.05) is 119 Å². The van der Waals surface area contributed by atoms with Crippen molar-refractivity contribution in [3.63, 3.8) is 0 Å². The summed E-state index contributed by atoms with van der Waals surface area (Å²) in [4.78, 5) is 42.1. The van der Waals surface area contributed by atoms with Gasteiger partial charge in [-0.15, -0.1) is 0 Å². The molecule has 0 aliphatic heterocycles. The largest absolute Gasteiger partial charge is 0.465 e. The summed E-state index contributed by atoms with van der Waals surface area (Å²) < 4.78 is 10.9. The Morgan fingerprint density at radius 1 is 0.708 bits per heavy atom. The lowest BCUT2D eigenvalue weighted by molar-refractivity contribution is -0.149. The Labute approximate surface area is 288 Å². The van der Waals surface area contributed by atoms with Crippen LogP contribution in [0.15, 0.2) is 65.7 Å². The van der Waals surface area contributed by atoms with Crippen molar-refractivity contribution in [1.29, 1.82) is 0 Å². The van der Waals surface area contributed by atoms with E-state index in [9.17, 15) is 14.4 Å². The van der Waals surface area contributed by atoms with E-state index in [4.69, 9.17) is 15.2 Å². The number of carbonyl (C=O) groups is 3. The zero-order valence-corrected chi connectivity index (χ0v) is 29.2. The lowest BCUT2D eigenvalue weighted by atomic mass is 9.95. The van der Waals surface area contributed by atoms with Gasteiger partial charge >= 0.3 is 12.1 Å². The SMILES string of the molecule is CCCCCCC(CCCC)C(=O)OCCCCCCNC(=O)C(N)CCNC(=NCc1ccccc1)NC(=O)OCc1ccccc1. The number of carbonyl (C=O) groups excluding carboxylic acids is 3. The minimum absolute atomic E-state index is 0.0299. The first-order valence-electron chi connectivity index (χ1n) is 17.9. The Kier molecular flexibility index (Phi) is 21.9. The molecule has 0 bridgehead atoms. The molecule has 2 unspecified atom stereocenters. The molecule has 5 N–H and O–H groups in total. The zero-order chi connectivity index (χ0) is 34.7. The minimum atomic E-state index is -0.708. The van der Waals surface area contributed by atoms with E-state index in [-0.39, 0.29) is 30.4 Å². The maximum Gasteiger partial charge on any atom is 0.414 e. The van der Waals surface area contributed by atoms with E-state index in [0.717, 1.165) is 68.9 Å². The van der Waals surface area contributed by atoms with Crippen LogP contribution in [0.2, 0.25) is 0 Å². The molecule has 10 heteroatoms. The number of nitrogens with zero attached hydrogens (tertiary/aromatic N) is 1. The van der Waals surface area contributed by atoms with Crippen LogP contribution in [0.25, 0.3) is 0 Å². The average Bonchev–Trinajstić information content (AvgIpc) is 3.11. The Morgan fingerprint density at radius 3 is 2.06 bits per heavy atom.